The number of rotatable bonds is 8. The summed E-state index contributed by atoms with van der Waals surface area (Å²) in [6, 6.07) is 19.4. The van der Waals surface area contributed by atoms with Gasteiger partial charge >= 0.3 is 12.1 Å². The van der Waals surface area contributed by atoms with Crippen LogP contribution < -0.4 is 15.1 Å². The van der Waals surface area contributed by atoms with Crippen LogP contribution in [0.2, 0.25) is 18.1 Å². The summed E-state index contributed by atoms with van der Waals surface area (Å²) in [5.74, 6) is 1.26. The van der Waals surface area contributed by atoms with Gasteiger partial charge in [-0.1, -0.05) is 45.0 Å². The van der Waals surface area contributed by atoms with Crippen molar-refractivity contribution in [2.75, 3.05) is 76.2 Å². The molecule has 0 unspecified atom stereocenters. The Balaban J connectivity index is 0.000000242. The second-order valence-corrected chi connectivity index (χ2v) is 21.3. The number of pyridine rings is 2. The Morgan fingerprint density at radius 2 is 1.11 bits per heavy atom. The van der Waals surface area contributed by atoms with E-state index >= 15 is 0 Å². The zero-order chi connectivity index (χ0) is 43.1. The van der Waals surface area contributed by atoms with E-state index < -0.39 is 8.32 Å². The van der Waals surface area contributed by atoms with Crippen LogP contribution in [0.3, 0.4) is 0 Å². The summed E-state index contributed by atoms with van der Waals surface area (Å²) >= 11 is 0. The van der Waals surface area contributed by atoms with Gasteiger partial charge in [0, 0.05) is 78.7 Å². The lowest BCUT2D eigenvalue weighted by atomic mass is 10.2. The Morgan fingerprint density at radius 3 is 1.46 bits per heavy atom. The molecule has 5 heterocycles. The van der Waals surface area contributed by atoms with Crippen LogP contribution in [0.5, 0.6) is 11.5 Å². The highest BCUT2D eigenvalue weighted by Crippen LogP contribution is 2.37. The van der Waals surface area contributed by atoms with Crippen LogP contribution in [0.1, 0.15) is 44.7 Å². The fourth-order valence-corrected chi connectivity index (χ4v) is 7.24. The second kappa shape index (κ2) is 23.4. The van der Waals surface area contributed by atoms with Gasteiger partial charge in [0.05, 0.1) is 12.4 Å². The standard InChI is InChI=1S/C23H33FN4O2Si.C17H19FN4O2.C4H8O.ClH/c1-23(2,3)31(4,5)30-20-10-11-21(25-16-20)26-22(29)28-14-12-27(13-15-28)17-18-6-8-19(24)9-7-18;18-14-3-1-13(2-4-14)12-21-7-9-22(10-8-21)17(24)20-16-6-5-15(23)11-19-16;1-2-4-5-3-1;/h6-11,16H,12-15,17H2,1-5H3,(H,25,26,29);1-6,11,23H,7-10,12H2,(H,19,20,24);1-4H2;1H. The van der Waals surface area contributed by atoms with E-state index in [1.807, 2.05) is 6.07 Å². The Kier molecular flexibility index (Phi) is 18.7. The van der Waals surface area contributed by atoms with E-state index in [4.69, 9.17) is 9.16 Å². The normalized spacial score (nSPS) is 15.9. The van der Waals surface area contributed by atoms with Crippen molar-refractivity contribution in [2.45, 2.75) is 64.8 Å². The Bertz CT molecular complexity index is 1910. The van der Waals surface area contributed by atoms with Gasteiger partial charge < -0.3 is 24.1 Å². The highest BCUT2D eigenvalue weighted by atomic mass is 35.5. The maximum Gasteiger partial charge on any atom is 0.323 e. The number of halogens is 3. The summed E-state index contributed by atoms with van der Waals surface area (Å²) in [6.07, 6.45) is 5.52. The van der Waals surface area contributed by atoms with Crippen LogP contribution in [0.25, 0.3) is 0 Å². The third-order valence-electron chi connectivity index (χ3n) is 10.9. The van der Waals surface area contributed by atoms with Gasteiger partial charge in [0.2, 0.25) is 0 Å². The molecule has 0 saturated carbocycles. The van der Waals surface area contributed by atoms with E-state index in [0.29, 0.717) is 37.8 Å². The highest BCUT2D eigenvalue weighted by Gasteiger charge is 2.39. The predicted octanol–water partition coefficient (Wildman–Crippen LogP) is 8.45. The molecule has 0 aliphatic carbocycles. The van der Waals surface area contributed by atoms with Gasteiger partial charge in [0.1, 0.15) is 34.8 Å². The zero-order valence-electron chi connectivity index (χ0n) is 35.9. The first-order valence-electron chi connectivity index (χ1n) is 20.6. The molecule has 7 rings (SSSR count). The molecule has 61 heavy (non-hydrogen) atoms. The fourth-order valence-electron chi connectivity index (χ4n) is 6.22. The van der Waals surface area contributed by atoms with Crippen molar-refractivity contribution in [1.82, 2.24) is 29.6 Å². The molecule has 0 atom stereocenters. The summed E-state index contributed by atoms with van der Waals surface area (Å²) in [4.78, 5) is 41.1. The summed E-state index contributed by atoms with van der Waals surface area (Å²) in [7, 11) is -1.92. The van der Waals surface area contributed by atoms with Crippen molar-refractivity contribution in [3.63, 3.8) is 0 Å². The Morgan fingerprint density at radius 1 is 0.689 bits per heavy atom. The van der Waals surface area contributed by atoms with Gasteiger partial charge in [-0.2, -0.15) is 0 Å². The molecule has 17 heteroatoms. The third-order valence-corrected chi connectivity index (χ3v) is 15.3. The summed E-state index contributed by atoms with van der Waals surface area (Å²) in [5, 5.41) is 14.9. The SMILES string of the molecule is C1CCOC1.CC(C)(C)[Si](C)(C)Oc1ccc(NC(=O)N2CCN(Cc3ccc(F)cc3)CC2)nc1.Cl.O=C(Nc1ccc(O)cn1)N1CCN(Cc2ccc(F)cc2)CC1. The molecule has 3 N–H and O–H groups in total. The van der Waals surface area contributed by atoms with Crippen LogP contribution in [-0.4, -0.2) is 121 Å². The lowest BCUT2D eigenvalue weighted by molar-refractivity contribution is 0.142. The van der Waals surface area contributed by atoms with E-state index in [9.17, 15) is 23.5 Å². The van der Waals surface area contributed by atoms with Crippen molar-refractivity contribution >= 4 is 44.4 Å². The number of nitrogens with zero attached hydrogens (tertiary/aromatic N) is 6. The third kappa shape index (κ3) is 16.2. The number of urea groups is 2. The molecular formula is C44H61ClF2N8O5Si. The van der Waals surface area contributed by atoms with Gasteiger partial charge in [-0.25, -0.2) is 28.3 Å². The van der Waals surface area contributed by atoms with E-state index in [-0.39, 0.29) is 46.9 Å². The average molecular weight is 884 g/mol. The number of aromatic nitrogens is 2. The number of amides is 4. The van der Waals surface area contributed by atoms with Crippen molar-refractivity contribution in [2.24, 2.45) is 0 Å². The summed E-state index contributed by atoms with van der Waals surface area (Å²) in [6.45, 7) is 20.0. The quantitative estimate of drug-likeness (QED) is 0.149. The lowest BCUT2D eigenvalue weighted by Gasteiger charge is -2.36. The smallest absolute Gasteiger partial charge is 0.323 e. The molecule has 13 nitrogen and oxygen atoms in total. The predicted molar refractivity (Wildman–Crippen MR) is 240 cm³/mol. The van der Waals surface area contributed by atoms with Crippen LogP contribution in [0, 0.1) is 11.6 Å². The summed E-state index contributed by atoms with van der Waals surface area (Å²) in [5.41, 5.74) is 2.13. The van der Waals surface area contributed by atoms with E-state index in [1.54, 1.807) is 52.4 Å². The number of benzene rings is 2. The molecule has 3 aliphatic heterocycles. The lowest BCUT2D eigenvalue weighted by Crippen LogP contribution is -2.49. The number of ether oxygens (including phenoxy) is 1. The molecule has 3 aliphatic rings. The Hall–Kier alpha value is -4.87. The zero-order valence-corrected chi connectivity index (χ0v) is 37.7. The molecule has 2 aromatic heterocycles. The van der Waals surface area contributed by atoms with Crippen LogP contribution in [-0.2, 0) is 17.8 Å². The van der Waals surface area contributed by atoms with E-state index in [1.165, 1.54) is 49.4 Å². The molecule has 4 aromatic rings. The number of piperazine rings is 2. The Labute approximate surface area is 366 Å². The molecule has 0 radical (unpaired) electrons. The molecule has 0 spiro atoms. The fraction of sp³-hybridized carbons (Fsp3) is 0.455. The highest BCUT2D eigenvalue weighted by molar-refractivity contribution is 6.74. The largest absolute Gasteiger partial charge is 0.542 e. The number of carbonyl (C=O) groups is 2. The number of hydrogen-bond acceptors (Lipinski definition) is 9. The molecule has 4 amide bonds. The minimum atomic E-state index is -1.92. The maximum atomic E-state index is 13.1. The molecule has 3 saturated heterocycles. The van der Waals surface area contributed by atoms with Gasteiger partial charge in [0.15, 0.2) is 0 Å². The van der Waals surface area contributed by atoms with Crippen molar-refractivity contribution < 1.29 is 32.6 Å². The topological polar surface area (TPSA) is 136 Å². The van der Waals surface area contributed by atoms with Crippen LogP contribution >= 0.6 is 12.4 Å². The van der Waals surface area contributed by atoms with E-state index in [0.717, 1.165) is 69.4 Å². The van der Waals surface area contributed by atoms with Gasteiger partial charge in [-0.3, -0.25) is 20.4 Å². The van der Waals surface area contributed by atoms with Gasteiger partial charge in [-0.15, -0.1) is 12.4 Å². The molecule has 332 valence electrons. The van der Waals surface area contributed by atoms with Gasteiger partial charge in [0.25, 0.3) is 8.32 Å². The number of nitrogens with one attached hydrogen (secondary N) is 2. The number of anilines is 2. The van der Waals surface area contributed by atoms with Crippen molar-refractivity contribution in [3.8, 4) is 11.5 Å². The summed E-state index contributed by atoms with van der Waals surface area (Å²) < 4.78 is 37.2. The molecule has 2 aromatic carbocycles. The minimum Gasteiger partial charge on any atom is -0.542 e. The van der Waals surface area contributed by atoms with Crippen LogP contribution in [0.4, 0.5) is 30.0 Å². The first kappa shape index (κ1) is 48.8. The maximum absolute atomic E-state index is 13.1. The van der Waals surface area contributed by atoms with Crippen LogP contribution in [0.15, 0.2) is 85.2 Å². The monoisotopic (exact) mass is 882 g/mol. The minimum absolute atomic E-state index is 0. The molecule has 3 fully saturated rings. The number of carbonyl (C=O) groups excluding carboxylic acids is 2. The number of aromatic hydroxyl groups is 1. The number of hydrogen-bond donors (Lipinski definition) is 3. The molecule has 0 bridgehead atoms. The van der Waals surface area contributed by atoms with Crippen molar-refractivity contribution in [1.29, 1.82) is 0 Å². The van der Waals surface area contributed by atoms with Gasteiger partial charge in [-0.05, 0) is 90.6 Å². The first-order valence-corrected chi connectivity index (χ1v) is 23.5. The molecular weight excluding hydrogens is 822 g/mol. The average Bonchev–Trinajstić information content (AvgIpc) is 3.83. The second-order valence-electron chi connectivity index (χ2n) is 16.6. The van der Waals surface area contributed by atoms with Crippen molar-refractivity contribution in [3.05, 3.63) is 108 Å². The first-order chi connectivity index (χ1) is 28.6. The van der Waals surface area contributed by atoms with E-state index in [2.05, 4.69) is 64.3 Å².